The van der Waals surface area contributed by atoms with Gasteiger partial charge in [-0.05, 0) is 73.1 Å². The van der Waals surface area contributed by atoms with Crippen LogP contribution in [0.5, 0.6) is 0 Å². The number of esters is 5. The predicted molar refractivity (Wildman–Crippen MR) is 401 cm³/mol. The van der Waals surface area contributed by atoms with E-state index < -0.39 is 288 Å². The van der Waals surface area contributed by atoms with E-state index in [1.807, 2.05) is 6.92 Å². The van der Waals surface area contributed by atoms with Gasteiger partial charge >= 0.3 is 29.8 Å². The van der Waals surface area contributed by atoms with Crippen molar-refractivity contribution >= 4 is 29.8 Å². The van der Waals surface area contributed by atoms with Crippen molar-refractivity contribution in [3.8, 4) is 0 Å². The molecule has 0 aromatic heterocycles. The van der Waals surface area contributed by atoms with Crippen LogP contribution >= 0.6 is 0 Å². The van der Waals surface area contributed by atoms with Crippen molar-refractivity contribution in [2.75, 3.05) is 13.2 Å². The molecule has 117 heavy (non-hydrogen) atoms. The Bertz CT molecular complexity index is 2960. The Balaban J connectivity index is 1.27. The van der Waals surface area contributed by atoms with E-state index in [1.165, 1.54) is 41.5 Å². The Labute approximate surface area is 684 Å². The van der Waals surface area contributed by atoms with Crippen LogP contribution in [0, 0.1) is 11.8 Å². The molecule has 1 unspecified atom stereocenters. The quantitative estimate of drug-likeness (QED) is 0.0257. The molecule has 39 atom stereocenters. The van der Waals surface area contributed by atoms with Gasteiger partial charge in [-0.2, -0.15) is 0 Å². The van der Waals surface area contributed by atoms with E-state index in [9.17, 15) is 80.8 Å². The van der Waals surface area contributed by atoms with Crippen LogP contribution in [0.15, 0.2) is 0 Å². The van der Waals surface area contributed by atoms with E-state index in [1.54, 1.807) is 20.8 Å². The minimum atomic E-state index is -2.24. The fourth-order valence-electron chi connectivity index (χ4n) is 15.6. The highest BCUT2D eigenvalue weighted by Gasteiger charge is 2.61. The zero-order chi connectivity index (χ0) is 85.8. The molecule has 0 amide bonds. The molecule has 8 aliphatic heterocycles. The van der Waals surface area contributed by atoms with E-state index in [-0.39, 0.29) is 19.3 Å². The second kappa shape index (κ2) is 47.4. The van der Waals surface area contributed by atoms with Crippen molar-refractivity contribution in [1.82, 2.24) is 0 Å². The molecule has 678 valence electrons. The van der Waals surface area contributed by atoms with E-state index in [2.05, 4.69) is 6.92 Å². The van der Waals surface area contributed by atoms with Crippen molar-refractivity contribution in [3.05, 3.63) is 0 Å². The van der Waals surface area contributed by atoms with Gasteiger partial charge < -0.3 is 156 Å². The fraction of sp³-hybridized carbons (Fsp3) is 0.938. The van der Waals surface area contributed by atoms with Crippen molar-refractivity contribution in [2.24, 2.45) is 11.8 Å². The highest BCUT2D eigenvalue weighted by atomic mass is 16.8. The molecular formula is C80H136O37. The summed E-state index contributed by atoms with van der Waals surface area (Å²) in [4.78, 5) is 69.8. The second-order valence-corrected chi connectivity index (χ2v) is 32.8. The van der Waals surface area contributed by atoms with Crippen LogP contribution < -0.4 is 0 Å². The van der Waals surface area contributed by atoms with Gasteiger partial charge in [-0.25, -0.2) is 0 Å². The van der Waals surface area contributed by atoms with E-state index >= 15 is 9.59 Å². The molecule has 8 saturated heterocycles. The summed E-state index contributed by atoms with van der Waals surface area (Å²) in [6.45, 7) is 16.8. The van der Waals surface area contributed by atoms with Gasteiger partial charge in [0.05, 0.1) is 67.6 Å². The zero-order valence-electron chi connectivity index (χ0n) is 69.6. The van der Waals surface area contributed by atoms with Crippen LogP contribution in [0.3, 0.4) is 0 Å². The first-order valence-corrected chi connectivity index (χ1v) is 42.5. The molecule has 8 heterocycles. The summed E-state index contributed by atoms with van der Waals surface area (Å²) >= 11 is 0. The van der Waals surface area contributed by atoms with Gasteiger partial charge in [0.1, 0.15) is 116 Å². The molecule has 37 nitrogen and oxygen atoms in total. The van der Waals surface area contributed by atoms with Crippen molar-refractivity contribution < 1.29 is 180 Å². The lowest BCUT2D eigenvalue weighted by molar-refractivity contribution is -0.414. The molecule has 0 aromatic carbocycles. The smallest absolute Gasteiger partial charge is 0.309 e. The lowest BCUT2D eigenvalue weighted by Crippen LogP contribution is -2.69. The Morgan fingerprint density at radius 3 is 1.56 bits per heavy atom. The fourth-order valence-corrected chi connectivity index (χ4v) is 15.6. The van der Waals surface area contributed by atoms with Crippen LogP contribution in [0.1, 0.15) is 224 Å². The lowest BCUT2D eigenvalue weighted by atomic mass is 9.94. The molecule has 8 fully saturated rings. The predicted octanol–water partition coefficient (Wildman–Crippen LogP) is 1.34. The third-order valence-corrected chi connectivity index (χ3v) is 23.5. The van der Waals surface area contributed by atoms with Gasteiger partial charge in [-0.15, -0.1) is 0 Å². The van der Waals surface area contributed by atoms with Gasteiger partial charge in [0.15, 0.2) is 74.6 Å². The number of ether oxygens (including phenoxy) is 19. The number of hydrogen-bond donors (Lipinski definition) is 13. The minimum absolute atomic E-state index is 0.0904. The van der Waals surface area contributed by atoms with Crippen LogP contribution in [-0.4, -0.2) is 337 Å². The normalized spacial score (nSPS) is 42.8. The molecular weight excluding hydrogens is 1550 g/mol. The molecule has 8 rings (SSSR count). The van der Waals surface area contributed by atoms with E-state index in [0.29, 0.717) is 70.6 Å². The molecule has 13 N–H and O–H groups in total. The largest absolute Gasteiger partial charge is 0.463 e. The molecule has 0 aromatic rings. The third-order valence-electron chi connectivity index (χ3n) is 23.5. The molecule has 0 aliphatic carbocycles. The molecule has 37 heteroatoms. The highest BCUT2D eigenvalue weighted by Crippen LogP contribution is 2.42. The lowest BCUT2D eigenvalue weighted by Gasteiger charge is -2.52. The van der Waals surface area contributed by atoms with Crippen molar-refractivity contribution in [1.29, 1.82) is 0 Å². The standard InChI is InChI=1S/C80H136O37/c1-13-17-18-19-20-21-22-26-29-33-49(83)109-65-53(87)41(9)101-76(62(65)96)113-64-43(11)104-79(71(112-73(98)38(6)16-4)69(64)116-78-68(58(92)54(88)47(35-81)107-78)114-75-61(95)59(93)63(42(10)103-75)111-72(97)37(5)15-3)117-70-66-55(89)48(36-99-44(12)82)108-80(70)115-67-57(91)52(86)40(8)102-77(67)105-45(30-14-2)31-27-24-23-25-28-32-46(34-50(84)110-66)106-74-60(94)56(90)51(85)39(7)100-74/h37-43,45-48,51-71,74-81,85-96H,13-36H2,1-12H3/t37-,38-,39+,40+,41+,42+,43-,45+,46?,47+,48+,51+,52+,53-,54+,55+,56-,57-,58-,59+,60+,61+,62+,63+,64-,65-,66-,67+,68+,69+,70+,71+,74-,75-,76-,77-,78-,79-,80-/m0/s1. The first kappa shape index (κ1) is 98.7. The maximum absolute atomic E-state index is 15.2. The van der Waals surface area contributed by atoms with Crippen molar-refractivity contribution in [3.63, 3.8) is 0 Å². The molecule has 0 spiro atoms. The number of carbonyl (C=O) groups excluding carboxylic acids is 5. The van der Waals surface area contributed by atoms with Gasteiger partial charge in [-0.3, -0.25) is 24.0 Å². The van der Waals surface area contributed by atoms with Crippen LogP contribution in [-0.2, 0) is 114 Å². The number of rotatable bonds is 32. The number of hydrogen-bond acceptors (Lipinski definition) is 37. The first-order valence-electron chi connectivity index (χ1n) is 42.5. The van der Waals surface area contributed by atoms with Crippen molar-refractivity contribution in [2.45, 2.75) is 451 Å². The number of unbranched alkanes of at least 4 members (excludes halogenated alkanes) is 8. The summed E-state index contributed by atoms with van der Waals surface area (Å²) in [7, 11) is 0. The summed E-state index contributed by atoms with van der Waals surface area (Å²) in [5.41, 5.74) is 0. The van der Waals surface area contributed by atoms with Crippen LogP contribution in [0.4, 0.5) is 0 Å². The minimum Gasteiger partial charge on any atom is -0.463 e. The summed E-state index contributed by atoms with van der Waals surface area (Å²) in [6, 6.07) is 0. The van der Waals surface area contributed by atoms with E-state index in [4.69, 9.17) is 90.0 Å². The summed E-state index contributed by atoms with van der Waals surface area (Å²) < 4.78 is 121. The van der Waals surface area contributed by atoms with Gasteiger partial charge in [-0.1, -0.05) is 131 Å². The summed E-state index contributed by atoms with van der Waals surface area (Å²) in [6.07, 6.45) is -53.3. The van der Waals surface area contributed by atoms with Crippen LogP contribution in [0.25, 0.3) is 0 Å². The summed E-state index contributed by atoms with van der Waals surface area (Å²) in [5.74, 6) is -6.24. The maximum Gasteiger partial charge on any atom is 0.309 e. The SMILES string of the molecule is CCCCCCCCCCCC(=O)O[C@H]1[C@@H](O)[C@@H](C)O[C@@H](O[C@@H]2[C@@H](O[C@@H]3O[C@H](CO)[C@@H](O)[C@H](O)[C@H]3O[C@@H]3O[C@H](C)[C@@H](OC(=O)[C@@H](C)CC)[C@H](O)[C@H]3O)[C@@H](OC(=O)[C@@H](C)CC)[C@H](O[C@H]3[C@@H]4O[C@H]5[C@H](O[C@H](CCC)CCCCCCCC(O[C@@H]6O[C@H](C)[C@@H](O)[C@H](O)[C@H]6O)CC(=O)O[C@H]3[C@H](O)[C@@H](COC(C)=O)O4)O[C@H](C)[C@@H](O)[C@@H]5O)O[C@H]2C)[C@@H]1O. The van der Waals surface area contributed by atoms with E-state index in [0.717, 1.165) is 51.9 Å². The Morgan fingerprint density at radius 1 is 0.410 bits per heavy atom. The Kier molecular flexibility index (Phi) is 40.0. The monoisotopic (exact) mass is 1690 g/mol. The molecule has 8 aliphatic rings. The average molecular weight is 1690 g/mol. The van der Waals surface area contributed by atoms with Gasteiger partial charge in [0, 0.05) is 13.3 Å². The first-order chi connectivity index (χ1) is 55.7. The Hall–Kier alpha value is -3.73. The maximum atomic E-state index is 15.2. The number of fused-ring (bicyclic) bond motifs is 3. The highest BCUT2D eigenvalue weighted by molar-refractivity contribution is 5.73. The van der Waals surface area contributed by atoms with Gasteiger partial charge in [0.2, 0.25) is 0 Å². The third kappa shape index (κ3) is 26.4. The second-order valence-electron chi connectivity index (χ2n) is 32.8. The number of aliphatic hydroxyl groups excluding tert-OH is 13. The number of aliphatic hydroxyl groups is 13. The number of carbonyl (C=O) groups is 5. The van der Waals surface area contributed by atoms with Gasteiger partial charge in [0.25, 0.3) is 0 Å². The molecule has 2 bridgehead atoms. The summed E-state index contributed by atoms with van der Waals surface area (Å²) in [5, 5.41) is 152. The zero-order valence-corrected chi connectivity index (χ0v) is 69.6. The Morgan fingerprint density at radius 2 is 0.923 bits per heavy atom. The molecule has 0 radical (unpaired) electrons. The average Bonchev–Trinajstić information content (AvgIpc) is 0.765. The molecule has 0 saturated carbocycles. The van der Waals surface area contributed by atoms with Crippen LogP contribution in [0.2, 0.25) is 0 Å². The topological polar surface area (TPSA) is 524 Å².